The standard InChI is InChI=1S/C38H43F6N5O9S/c1-34(14-15-34)59(54,55)48-32(52)36-17-21(36)8-6-4-3-5-7-9-26(46-33(53)57-20-37(39,40)41)31(51)49-19-35(18-27(49)30(50)47-36)13-12-23-24-16-22(56-2)10-11-25(24)45-29(28(23)58-35)38(42,43)44/h6,8,10-11,16,21,26-27H,3-5,7,9,12-15,17-20H2,1-2H3,(H,46,53)(H,47,50)(H,48,52)/b8-6-/t21-,26+,27+,35-,36-/m1/s1. The summed E-state index contributed by atoms with van der Waals surface area (Å²) in [5, 5.41) is 5.17. The van der Waals surface area contributed by atoms with Crippen molar-refractivity contribution in [2.45, 2.75) is 118 Å². The number of hydrogen-bond donors (Lipinski definition) is 3. The van der Waals surface area contributed by atoms with Crippen molar-refractivity contribution >= 4 is 44.7 Å². The van der Waals surface area contributed by atoms with E-state index in [9.17, 15) is 53.9 Å². The van der Waals surface area contributed by atoms with E-state index in [0.29, 0.717) is 43.2 Å². The maximum absolute atomic E-state index is 14.7. The lowest BCUT2D eigenvalue weighted by molar-refractivity contribution is -0.160. The molecule has 14 nitrogen and oxygen atoms in total. The number of nitrogens with one attached hydrogen (secondary N) is 3. The van der Waals surface area contributed by atoms with E-state index in [1.54, 1.807) is 12.2 Å². The number of aromatic nitrogens is 1. The third kappa shape index (κ3) is 8.48. The quantitative estimate of drug-likeness (QED) is 0.265. The molecule has 0 bridgehead atoms. The van der Waals surface area contributed by atoms with Crippen molar-refractivity contribution in [3.8, 4) is 11.5 Å². The molecule has 0 unspecified atom stereocenters. The molecule has 322 valence electrons. The summed E-state index contributed by atoms with van der Waals surface area (Å²) < 4.78 is 126. The minimum absolute atomic E-state index is 0.00460. The van der Waals surface area contributed by atoms with E-state index >= 15 is 0 Å². The van der Waals surface area contributed by atoms with Gasteiger partial charge in [-0.2, -0.15) is 26.3 Å². The third-order valence-corrected chi connectivity index (χ3v) is 14.1. The largest absolute Gasteiger partial charge is 0.497 e. The molecule has 1 spiro atoms. The van der Waals surface area contributed by atoms with Gasteiger partial charge in [-0.15, -0.1) is 0 Å². The normalized spacial score (nSPS) is 28.7. The van der Waals surface area contributed by atoms with Crippen LogP contribution in [-0.2, 0) is 41.7 Å². The molecule has 2 saturated carbocycles. The highest BCUT2D eigenvalue weighted by Gasteiger charge is 2.64. The van der Waals surface area contributed by atoms with Crippen LogP contribution in [0.2, 0.25) is 0 Å². The van der Waals surface area contributed by atoms with Crippen molar-refractivity contribution in [1.29, 1.82) is 0 Å². The van der Waals surface area contributed by atoms with E-state index in [2.05, 4.69) is 25.1 Å². The molecular weight excluding hydrogens is 816 g/mol. The van der Waals surface area contributed by atoms with Gasteiger partial charge in [-0.3, -0.25) is 19.1 Å². The number of carbonyl (C=O) groups is 4. The van der Waals surface area contributed by atoms with E-state index in [1.165, 1.54) is 32.2 Å². The van der Waals surface area contributed by atoms with Gasteiger partial charge in [-0.1, -0.05) is 25.0 Å². The topological polar surface area (TPSA) is 182 Å². The second kappa shape index (κ2) is 15.0. The number of nitrogens with zero attached hydrogens (tertiary/aromatic N) is 2. The molecule has 1 aromatic carbocycles. The minimum atomic E-state index is -5.01. The number of ether oxygens (including phenoxy) is 3. The monoisotopic (exact) mass is 859 g/mol. The van der Waals surface area contributed by atoms with Crippen LogP contribution in [0.1, 0.15) is 82.4 Å². The second-order valence-corrected chi connectivity index (χ2v) is 18.4. The number of alkyl halides is 6. The average molecular weight is 860 g/mol. The number of methoxy groups -OCH3 is 1. The maximum atomic E-state index is 14.7. The Morgan fingerprint density at radius 2 is 1.81 bits per heavy atom. The Kier molecular flexibility index (Phi) is 10.8. The van der Waals surface area contributed by atoms with Gasteiger partial charge in [0.25, 0.3) is 5.91 Å². The van der Waals surface area contributed by atoms with Crippen LogP contribution < -0.4 is 24.8 Å². The van der Waals surface area contributed by atoms with Gasteiger partial charge in [0.1, 0.15) is 29.0 Å². The van der Waals surface area contributed by atoms with Crippen molar-refractivity contribution in [3.05, 3.63) is 41.6 Å². The molecule has 3 N–H and O–H groups in total. The number of allylic oxidation sites excluding steroid dienone is 1. The first kappa shape index (κ1) is 42.3. The molecule has 5 atom stereocenters. The number of hydrogen-bond acceptors (Lipinski definition) is 10. The number of carbonyl (C=O) groups excluding carboxylic acids is 4. The molecule has 2 aliphatic carbocycles. The third-order valence-electron chi connectivity index (χ3n) is 11.9. The van der Waals surface area contributed by atoms with Crippen molar-refractivity contribution in [2.75, 3.05) is 20.3 Å². The zero-order valence-electron chi connectivity index (χ0n) is 32.1. The summed E-state index contributed by atoms with van der Waals surface area (Å²) in [5.41, 5.74) is -4.61. The van der Waals surface area contributed by atoms with Gasteiger partial charge in [-0.05, 0) is 76.5 Å². The highest BCUT2D eigenvalue weighted by molar-refractivity contribution is 7.91. The lowest BCUT2D eigenvalue weighted by Crippen LogP contribution is -2.58. The Hall–Kier alpha value is -4.82. The summed E-state index contributed by atoms with van der Waals surface area (Å²) in [4.78, 5) is 60.4. The molecular formula is C38H43F6N5O9S. The van der Waals surface area contributed by atoms with E-state index in [0.717, 1.165) is 4.90 Å². The first-order valence-corrected chi connectivity index (χ1v) is 20.7. The fraction of sp³-hybridized carbons (Fsp3) is 0.605. The summed E-state index contributed by atoms with van der Waals surface area (Å²) in [5.74, 6) is -3.85. The second-order valence-electron chi connectivity index (χ2n) is 16.2. The molecule has 21 heteroatoms. The number of benzene rings is 1. The number of rotatable bonds is 6. The van der Waals surface area contributed by atoms with Crippen LogP contribution in [0.15, 0.2) is 30.4 Å². The minimum Gasteiger partial charge on any atom is -0.497 e. The molecule has 1 saturated heterocycles. The molecule has 5 aliphatic rings. The van der Waals surface area contributed by atoms with Crippen LogP contribution in [0.5, 0.6) is 11.5 Å². The Morgan fingerprint density at radius 3 is 2.49 bits per heavy atom. The summed E-state index contributed by atoms with van der Waals surface area (Å²) in [6.45, 7) is -0.985. The molecule has 7 rings (SSSR count). The Morgan fingerprint density at radius 1 is 1.07 bits per heavy atom. The van der Waals surface area contributed by atoms with Crippen LogP contribution >= 0.6 is 0 Å². The highest BCUT2D eigenvalue weighted by Crippen LogP contribution is 2.50. The van der Waals surface area contributed by atoms with Crippen LogP contribution in [0.25, 0.3) is 10.9 Å². The molecule has 3 aliphatic heterocycles. The molecule has 2 aromatic rings. The lowest BCUT2D eigenvalue weighted by atomic mass is 9.87. The molecule has 0 radical (unpaired) electrons. The Labute approximate surface area is 334 Å². The van der Waals surface area contributed by atoms with Gasteiger partial charge >= 0.3 is 18.4 Å². The molecule has 3 fully saturated rings. The van der Waals surface area contributed by atoms with Gasteiger partial charge in [0.15, 0.2) is 18.1 Å². The van der Waals surface area contributed by atoms with Crippen LogP contribution in [0.3, 0.4) is 0 Å². The first-order valence-electron chi connectivity index (χ1n) is 19.2. The van der Waals surface area contributed by atoms with E-state index in [4.69, 9.17) is 9.47 Å². The number of alkyl carbamates (subject to hydrolysis) is 1. The van der Waals surface area contributed by atoms with Crippen molar-refractivity contribution in [2.24, 2.45) is 5.92 Å². The summed E-state index contributed by atoms with van der Waals surface area (Å²) >= 11 is 0. The molecule has 1 aromatic heterocycles. The van der Waals surface area contributed by atoms with Gasteiger partial charge in [-0.25, -0.2) is 18.2 Å². The summed E-state index contributed by atoms with van der Waals surface area (Å²) in [7, 11) is -2.78. The Balaban J connectivity index is 1.26. The predicted octanol–water partition coefficient (Wildman–Crippen LogP) is 4.98. The van der Waals surface area contributed by atoms with Crippen LogP contribution in [0.4, 0.5) is 31.1 Å². The summed E-state index contributed by atoms with van der Waals surface area (Å²) in [6, 6.07) is 1.23. The number of fused-ring (bicyclic) bond motifs is 5. The van der Waals surface area contributed by atoms with Crippen LogP contribution in [0, 0.1) is 5.92 Å². The van der Waals surface area contributed by atoms with E-state index < -0.39 is 111 Å². The Bertz CT molecular complexity index is 2200. The number of sulfonamides is 1. The van der Waals surface area contributed by atoms with Gasteiger partial charge in [0.2, 0.25) is 21.8 Å². The summed E-state index contributed by atoms with van der Waals surface area (Å²) in [6.07, 6.45) is -6.14. The smallest absolute Gasteiger partial charge is 0.437 e. The maximum Gasteiger partial charge on any atom is 0.437 e. The number of pyridine rings is 1. The van der Waals surface area contributed by atoms with Crippen molar-refractivity contribution in [3.63, 3.8) is 0 Å². The fourth-order valence-corrected chi connectivity index (χ4v) is 9.47. The zero-order chi connectivity index (χ0) is 42.8. The predicted molar refractivity (Wildman–Crippen MR) is 195 cm³/mol. The number of amides is 4. The van der Waals surface area contributed by atoms with Crippen LogP contribution in [-0.4, -0.2) is 96.5 Å². The van der Waals surface area contributed by atoms with Crippen molar-refractivity contribution in [1.82, 2.24) is 25.2 Å². The zero-order valence-corrected chi connectivity index (χ0v) is 32.9. The number of halogens is 6. The highest BCUT2D eigenvalue weighted by atomic mass is 32.2. The van der Waals surface area contributed by atoms with E-state index in [-0.39, 0.29) is 43.2 Å². The molecule has 59 heavy (non-hydrogen) atoms. The molecule has 4 heterocycles. The average Bonchev–Trinajstić information content (AvgIpc) is 4.06. The lowest BCUT2D eigenvalue weighted by Gasteiger charge is -2.37. The van der Waals surface area contributed by atoms with Crippen molar-refractivity contribution < 1.29 is 68.1 Å². The van der Waals surface area contributed by atoms with Gasteiger partial charge in [0.05, 0.1) is 23.9 Å². The van der Waals surface area contributed by atoms with Gasteiger partial charge in [0, 0.05) is 23.3 Å². The van der Waals surface area contributed by atoms with E-state index in [1.807, 2.05) is 0 Å². The fourth-order valence-electron chi connectivity index (χ4n) is 8.16. The SMILES string of the molecule is COc1ccc2nc(C(F)(F)F)c3c(c2c1)CC[C@]1(C[C@H]2C(=O)N[C@]4(C(=O)NS(=O)(=O)C5(C)CC5)C[C@H]4/C=C\CCCCC[C@H](NC(=O)OCC(F)(F)F)C(=O)N2C1)O3. The first-order chi connectivity index (χ1) is 27.6. The molecule has 4 amide bonds. The van der Waals surface area contributed by atoms with Gasteiger partial charge < -0.3 is 29.7 Å². The number of aryl methyl sites for hydroxylation is 1.